The van der Waals surface area contributed by atoms with Crippen LogP contribution < -0.4 is 0 Å². The van der Waals surface area contributed by atoms with Crippen molar-refractivity contribution in [1.82, 2.24) is 4.90 Å². The van der Waals surface area contributed by atoms with E-state index in [-0.39, 0.29) is 0 Å². The quantitative estimate of drug-likeness (QED) is 0.337. The second kappa shape index (κ2) is 12.2. The molecule has 0 N–H and O–H groups in total. The Kier molecular flexibility index (Phi) is 12.0. The highest BCUT2D eigenvalue weighted by molar-refractivity contribution is 4.96. The van der Waals surface area contributed by atoms with Crippen LogP contribution in [0.15, 0.2) is 11.6 Å². The summed E-state index contributed by atoms with van der Waals surface area (Å²) in [5, 5.41) is 0. The molecular formula is C21H43N. The van der Waals surface area contributed by atoms with Crippen LogP contribution in [0.3, 0.4) is 0 Å². The topological polar surface area (TPSA) is 3.24 Å². The van der Waals surface area contributed by atoms with E-state index in [0.717, 1.165) is 5.92 Å². The van der Waals surface area contributed by atoms with E-state index in [1.807, 2.05) is 0 Å². The van der Waals surface area contributed by atoms with Crippen LogP contribution in [0.1, 0.15) is 99.8 Å². The Balaban J connectivity index is 4.75. The minimum Gasteiger partial charge on any atom is -0.298 e. The van der Waals surface area contributed by atoms with Crippen LogP contribution >= 0.6 is 0 Å². The van der Waals surface area contributed by atoms with E-state index in [9.17, 15) is 0 Å². The Labute approximate surface area is 141 Å². The van der Waals surface area contributed by atoms with Crippen molar-refractivity contribution in [2.45, 2.75) is 105 Å². The van der Waals surface area contributed by atoms with Crippen molar-refractivity contribution in [3.05, 3.63) is 11.6 Å². The predicted molar refractivity (Wildman–Crippen MR) is 103 cm³/mol. The monoisotopic (exact) mass is 309 g/mol. The molecule has 0 radical (unpaired) electrons. The normalized spacial score (nSPS) is 15.6. The van der Waals surface area contributed by atoms with Gasteiger partial charge in [0, 0.05) is 5.54 Å². The van der Waals surface area contributed by atoms with Crippen molar-refractivity contribution in [3.63, 3.8) is 0 Å². The molecule has 0 unspecified atom stereocenters. The molecule has 0 aromatic heterocycles. The van der Waals surface area contributed by atoms with Crippen LogP contribution in [0.5, 0.6) is 0 Å². The average Bonchev–Trinajstić information content (AvgIpc) is 2.46. The largest absolute Gasteiger partial charge is 0.298 e. The lowest BCUT2D eigenvalue weighted by Crippen LogP contribution is -2.47. The molecule has 0 saturated carbocycles. The molecule has 0 aromatic carbocycles. The average molecular weight is 310 g/mol. The van der Waals surface area contributed by atoms with Crippen molar-refractivity contribution in [1.29, 1.82) is 0 Å². The van der Waals surface area contributed by atoms with Gasteiger partial charge in [-0.3, -0.25) is 4.90 Å². The Hall–Kier alpha value is -0.300. The summed E-state index contributed by atoms with van der Waals surface area (Å²) in [4.78, 5) is 2.79. The fourth-order valence-electron chi connectivity index (χ4n) is 3.42. The van der Waals surface area contributed by atoms with E-state index >= 15 is 0 Å². The second-order valence-corrected chi connectivity index (χ2v) is 7.76. The van der Waals surface area contributed by atoms with Crippen LogP contribution in [0.2, 0.25) is 0 Å². The molecule has 0 spiro atoms. The second-order valence-electron chi connectivity index (χ2n) is 7.76. The molecular weight excluding hydrogens is 266 g/mol. The molecule has 0 rings (SSSR count). The minimum absolute atomic E-state index is 0.398. The third-order valence-corrected chi connectivity index (χ3v) is 5.03. The van der Waals surface area contributed by atoms with E-state index in [1.165, 1.54) is 64.5 Å². The van der Waals surface area contributed by atoms with Crippen LogP contribution in [-0.4, -0.2) is 23.5 Å². The summed E-state index contributed by atoms with van der Waals surface area (Å²) in [6, 6.07) is 0. The lowest BCUT2D eigenvalue weighted by atomic mass is 9.85. The van der Waals surface area contributed by atoms with Gasteiger partial charge >= 0.3 is 0 Å². The van der Waals surface area contributed by atoms with Crippen molar-refractivity contribution < 1.29 is 0 Å². The van der Waals surface area contributed by atoms with E-state index in [2.05, 4.69) is 59.4 Å². The molecule has 22 heavy (non-hydrogen) atoms. The van der Waals surface area contributed by atoms with E-state index in [0.29, 0.717) is 5.54 Å². The number of hydrogen-bond donors (Lipinski definition) is 0. The predicted octanol–water partition coefficient (Wildman–Crippen LogP) is 6.83. The SMILES string of the molecule is CC=C(C)CCC[C@](C)(CCCC(C)C)N(CCC)CCC. The highest BCUT2D eigenvalue weighted by atomic mass is 15.2. The summed E-state index contributed by atoms with van der Waals surface area (Å²) in [6.45, 7) is 18.8. The first-order valence-corrected chi connectivity index (χ1v) is 9.76. The zero-order valence-electron chi connectivity index (χ0n) is 16.7. The number of rotatable bonds is 13. The van der Waals surface area contributed by atoms with E-state index in [1.54, 1.807) is 5.57 Å². The first kappa shape index (κ1) is 21.7. The zero-order chi connectivity index (χ0) is 17.0. The van der Waals surface area contributed by atoms with E-state index < -0.39 is 0 Å². The van der Waals surface area contributed by atoms with Crippen LogP contribution in [0, 0.1) is 5.92 Å². The smallest absolute Gasteiger partial charge is 0.0181 e. The molecule has 0 aliphatic heterocycles. The number of hydrogen-bond acceptors (Lipinski definition) is 1. The molecule has 132 valence electrons. The van der Waals surface area contributed by atoms with Gasteiger partial charge < -0.3 is 0 Å². The molecule has 0 aromatic rings. The molecule has 1 nitrogen and oxygen atoms in total. The zero-order valence-corrected chi connectivity index (χ0v) is 16.7. The Morgan fingerprint density at radius 1 is 1.05 bits per heavy atom. The molecule has 1 atom stereocenters. The third kappa shape index (κ3) is 8.98. The van der Waals surface area contributed by atoms with Crippen LogP contribution in [0.25, 0.3) is 0 Å². The summed E-state index contributed by atoms with van der Waals surface area (Å²) < 4.78 is 0. The lowest BCUT2D eigenvalue weighted by molar-refractivity contribution is 0.0796. The van der Waals surface area contributed by atoms with Gasteiger partial charge in [-0.25, -0.2) is 0 Å². The molecule has 0 heterocycles. The summed E-state index contributed by atoms with van der Waals surface area (Å²) in [7, 11) is 0. The Bertz CT molecular complexity index is 286. The van der Waals surface area contributed by atoms with Crippen LogP contribution in [-0.2, 0) is 0 Å². The molecule has 0 saturated heterocycles. The maximum absolute atomic E-state index is 2.79. The van der Waals surface area contributed by atoms with Gasteiger partial charge in [0.05, 0.1) is 0 Å². The van der Waals surface area contributed by atoms with Gasteiger partial charge in [0.25, 0.3) is 0 Å². The molecule has 0 amide bonds. The van der Waals surface area contributed by atoms with Crippen molar-refractivity contribution in [3.8, 4) is 0 Å². The number of nitrogens with zero attached hydrogens (tertiary/aromatic N) is 1. The highest BCUT2D eigenvalue weighted by Crippen LogP contribution is 2.30. The van der Waals surface area contributed by atoms with Gasteiger partial charge in [0.2, 0.25) is 0 Å². The molecule has 1 heteroatoms. The third-order valence-electron chi connectivity index (χ3n) is 5.03. The highest BCUT2D eigenvalue weighted by Gasteiger charge is 2.29. The molecule has 0 aliphatic carbocycles. The Morgan fingerprint density at radius 2 is 1.59 bits per heavy atom. The summed E-state index contributed by atoms with van der Waals surface area (Å²) >= 11 is 0. The summed E-state index contributed by atoms with van der Waals surface area (Å²) in [5.74, 6) is 0.834. The van der Waals surface area contributed by atoms with Crippen molar-refractivity contribution >= 4 is 0 Å². The van der Waals surface area contributed by atoms with Gasteiger partial charge in [-0.2, -0.15) is 0 Å². The van der Waals surface area contributed by atoms with Gasteiger partial charge in [0.1, 0.15) is 0 Å². The van der Waals surface area contributed by atoms with Gasteiger partial charge in [-0.15, -0.1) is 0 Å². The first-order chi connectivity index (χ1) is 10.4. The van der Waals surface area contributed by atoms with Crippen molar-refractivity contribution in [2.75, 3.05) is 13.1 Å². The first-order valence-electron chi connectivity index (χ1n) is 9.76. The number of allylic oxidation sites excluding steroid dienone is 2. The van der Waals surface area contributed by atoms with Gasteiger partial charge in [-0.05, 0) is 78.3 Å². The Morgan fingerprint density at radius 3 is 2.05 bits per heavy atom. The maximum Gasteiger partial charge on any atom is 0.0181 e. The molecule has 0 fully saturated rings. The fourth-order valence-corrected chi connectivity index (χ4v) is 3.42. The molecule has 0 aliphatic rings. The van der Waals surface area contributed by atoms with Crippen molar-refractivity contribution in [2.24, 2.45) is 5.92 Å². The van der Waals surface area contributed by atoms with Gasteiger partial charge in [0.15, 0.2) is 0 Å². The van der Waals surface area contributed by atoms with Crippen LogP contribution in [0.4, 0.5) is 0 Å². The lowest BCUT2D eigenvalue weighted by Gasteiger charge is -2.42. The van der Waals surface area contributed by atoms with Gasteiger partial charge in [-0.1, -0.05) is 52.2 Å². The fraction of sp³-hybridized carbons (Fsp3) is 0.905. The van der Waals surface area contributed by atoms with E-state index in [4.69, 9.17) is 0 Å². The minimum atomic E-state index is 0.398. The summed E-state index contributed by atoms with van der Waals surface area (Å²) in [6.07, 6.45) is 12.9. The standard InChI is InChI=1S/C21H43N/c1-8-17-22(18-9-2)21(7,15-11-13-19(4)5)16-12-14-20(6)10-3/h10,19H,8-9,11-18H2,1-7H3/t21-/m0/s1. The maximum atomic E-state index is 2.79. The summed E-state index contributed by atoms with van der Waals surface area (Å²) in [5.41, 5.74) is 1.94. The molecule has 0 bridgehead atoms.